The summed E-state index contributed by atoms with van der Waals surface area (Å²) in [6.07, 6.45) is -0.872. The summed E-state index contributed by atoms with van der Waals surface area (Å²) >= 11 is 0.937. The van der Waals surface area contributed by atoms with E-state index in [1.807, 2.05) is 0 Å². The highest BCUT2D eigenvalue weighted by Gasteiger charge is 2.40. The van der Waals surface area contributed by atoms with Crippen LogP contribution in [-0.2, 0) is 9.59 Å². The van der Waals surface area contributed by atoms with Crippen LogP contribution >= 0.6 is 11.8 Å². The smallest absolute Gasteiger partial charge is 0.310 e. The standard InChI is InChI=1S/C12H20N2O8S/c1-3-9(7(13(19)20)5-11(15)16)23-10(4-2)8(14(21)22)6-12(17)18/h7-10H,3-6H2,1-2H3,(H,15,16)(H,17,18). The van der Waals surface area contributed by atoms with Gasteiger partial charge >= 0.3 is 11.9 Å². The second-order valence-corrected chi connectivity index (χ2v) is 6.41. The van der Waals surface area contributed by atoms with Crippen molar-refractivity contribution in [2.24, 2.45) is 0 Å². The van der Waals surface area contributed by atoms with Gasteiger partial charge in [-0.3, -0.25) is 29.8 Å². The van der Waals surface area contributed by atoms with Crippen molar-refractivity contribution in [1.82, 2.24) is 0 Å². The van der Waals surface area contributed by atoms with E-state index >= 15 is 0 Å². The number of carboxylic acid groups (broad SMARTS) is 2. The molecule has 10 nitrogen and oxygen atoms in total. The molecule has 0 rings (SSSR count). The first-order chi connectivity index (χ1) is 10.6. The number of hydrogen-bond acceptors (Lipinski definition) is 7. The molecule has 0 spiro atoms. The number of aliphatic carboxylic acids is 2. The molecule has 0 radical (unpaired) electrons. The second kappa shape index (κ2) is 9.98. The van der Waals surface area contributed by atoms with Crippen molar-refractivity contribution in [1.29, 1.82) is 0 Å². The van der Waals surface area contributed by atoms with E-state index < -0.39 is 57.2 Å². The monoisotopic (exact) mass is 352 g/mol. The third kappa shape index (κ3) is 7.26. The van der Waals surface area contributed by atoms with Crippen LogP contribution in [0.3, 0.4) is 0 Å². The summed E-state index contributed by atoms with van der Waals surface area (Å²) in [6, 6.07) is -2.76. The maximum atomic E-state index is 11.1. The van der Waals surface area contributed by atoms with Crippen molar-refractivity contribution >= 4 is 23.7 Å². The molecular formula is C12H20N2O8S. The van der Waals surface area contributed by atoms with Crippen LogP contribution in [0, 0.1) is 20.2 Å². The zero-order valence-corrected chi connectivity index (χ0v) is 13.6. The third-order valence-corrected chi connectivity index (χ3v) is 5.32. The van der Waals surface area contributed by atoms with Crippen molar-refractivity contribution in [3.8, 4) is 0 Å². The van der Waals surface area contributed by atoms with Gasteiger partial charge in [0.15, 0.2) is 0 Å². The van der Waals surface area contributed by atoms with Crippen LogP contribution in [0.1, 0.15) is 39.5 Å². The number of carboxylic acids is 2. The van der Waals surface area contributed by atoms with Crippen LogP contribution in [0.4, 0.5) is 0 Å². The van der Waals surface area contributed by atoms with Crippen LogP contribution in [0.2, 0.25) is 0 Å². The highest BCUT2D eigenvalue weighted by atomic mass is 32.2. The molecule has 132 valence electrons. The molecule has 0 aliphatic heterocycles. The van der Waals surface area contributed by atoms with E-state index in [-0.39, 0.29) is 12.8 Å². The van der Waals surface area contributed by atoms with Gasteiger partial charge in [0, 0.05) is 9.85 Å². The molecule has 0 aliphatic rings. The van der Waals surface area contributed by atoms with Crippen molar-refractivity contribution in [2.75, 3.05) is 0 Å². The van der Waals surface area contributed by atoms with Crippen LogP contribution in [0.15, 0.2) is 0 Å². The second-order valence-electron chi connectivity index (χ2n) is 4.93. The summed E-state index contributed by atoms with van der Waals surface area (Å²) in [6.45, 7) is 3.25. The molecule has 0 aliphatic carbocycles. The van der Waals surface area contributed by atoms with Gasteiger partial charge in [-0.05, 0) is 12.8 Å². The van der Waals surface area contributed by atoms with Gasteiger partial charge < -0.3 is 10.2 Å². The Morgan fingerprint density at radius 2 is 1.22 bits per heavy atom. The van der Waals surface area contributed by atoms with Gasteiger partial charge in [0.2, 0.25) is 12.1 Å². The molecule has 0 bridgehead atoms. The maximum Gasteiger partial charge on any atom is 0.310 e. The number of hydrogen-bond donors (Lipinski definition) is 2. The predicted molar refractivity (Wildman–Crippen MR) is 81.8 cm³/mol. The van der Waals surface area contributed by atoms with Crippen LogP contribution < -0.4 is 0 Å². The number of nitro groups is 2. The summed E-state index contributed by atoms with van der Waals surface area (Å²) < 4.78 is 0. The van der Waals surface area contributed by atoms with E-state index in [0.717, 1.165) is 11.8 Å². The Labute approximate surface area is 136 Å². The Morgan fingerprint density at radius 1 is 0.913 bits per heavy atom. The molecule has 0 aromatic heterocycles. The highest BCUT2D eigenvalue weighted by molar-refractivity contribution is 8.00. The fourth-order valence-corrected chi connectivity index (χ4v) is 3.77. The summed E-state index contributed by atoms with van der Waals surface area (Å²) in [7, 11) is 0. The molecule has 0 fully saturated rings. The molecule has 0 saturated heterocycles. The Kier molecular flexibility index (Phi) is 9.15. The Morgan fingerprint density at radius 3 is 1.39 bits per heavy atom. The molecule has 4 atom stereocenters. The zero-order valence-electron chi connectivity index (χ0n) is 12.8. The SMILES string of the molecule is CCC(SC(CC)C(CC(=O)O)[N+](=O)[O-])C(CC(=O)O)[N+](=O)[O-]. The van der Waals surface area contributed by atoms with E-state index in [1.54, 1.807) is 13.8 Å². The quantitative estimate of drug-likeness (QED) is 0.391. The Balaban J connectivity index is 5.28. The lowest BCUT2D eigenvalue weighted by molar-refractivity contribution is -0.522. The lowest BCUT2D eigenvalue weighted by Crippen LogP contribution is -2.39. The molecular weight excluding hydrogens is 332 g/mol. The van der Waals surface area contributed by atoms with Crippen molar-refractivity contribution in [3.63, 3.8) is 0 Å². The molecule has 2 N–H and O–H groups in total. The first-order valence-corrected chi connectivity index (χ1v) is 7.94. The molecule has 0 amide bonds. The zero-order chi connectivity index (χ0) is 18.2. The van der Waals surface area contributed by atoms with Gasteiger partial charge in [-0.1, -0.05) is 13.8 Å². The maximum absolute atomic E-state index is 11.1. The minimum atomic E-state index is -1.38. The van der Waals surface area contributed by atoms with Crippen molar-refractivity contribution < 1.29 is 29.6 Å². The average Bonchev–Trinajstić information content (AvgIpc) is 2.43. The molecule has 4 unspecified atom stereocenters. The molecule has 0 saturated carbocycles. The van der Waals surface area contributed by atoms with Crippen molar-refractivity contribution in [3.05, 3.63) is 20.2 Å². The third-order valence-electron chi connectivity index (χ3n) is 3.32. The minimum Gasteiger partial charge on any atom is -0.481 e. The Hall–Kier alpha value is -1.91. The lowest BCUT2D eigenvalue weighted by atomic mass is 10.1. The largest absolute Gasteiger partial charge is 0.481 e. The molecule has 23 heavy (non-hydrogen) atoms. The molecule has 0 aromatic rings. The van der Waals surface area contributed by atoms with Crippen molar-refractivity contribution in [2.45, 2.75) is 62.1 Å². The predicted octanol–water partition coefficient (Wildman–Crippen LogP) is 1.52. The number of carbonyl (C=O) groups is 2. The molecule has 0 heterocycles. The topological polar surface area (TPSA) is 161 Å². The van der Waals surface area contributed by atoms with E-state index in [4.69, 9.17) is 10.2 Å². The van der Waals surface area contributed by atoms with Crippen LogP contribution in [0.25, 0.3) is 0 Å². The fraction of sp³-hybridized carbons (Fsp3) is 0.833. The van der Waals surface area contributed by atoms with Gasteiger partial charge in [0.05, 0.1) is 10.5 Å². The molecule has 0 aromatic carbocycles. The van der Waals surface area contributed by atoms with E-state index in [0.29, 0.717) is 0 Å². The number of rotatable bonds is 12. The van der Waals surface area contributed by atoms with E-state index in [9.17, 15) is 29.8 Å². The lowest BCUT2D eigenvalue weighted by Gasteiger charge is -2.24. The minimum absolute atomic E-state index is 0.248. The van der Waals surface area contributed by atoms with E-state index in [2.05, 4.69) is 0 Å². The van der Waals surface area contributed by atoms with Gasteiger partial charge in [-0.2, -0.15) is 0 Å². The summed E-state index contributed by atoms with van der Waals surface area (Å²) in [4.78, 5) is 42.3. The summed E-state index contributed by atoms with van der Waals surface area (Å²) in [5.74, 6) is -2.65. The summed E-state index contributed by atoms with van der Waals surface area (Å²) in [5, 5.41) is 38.2. The highest BCUT2D eigenvalue weighted by Crippen LogP contribution is 2.32. The fourth-order valence-electron chi connectivity index (χ4n) is 2.18. The Bertz CT molecular complexity index is 418. The van der Waals surface area contributed by atoms with Crippen LogP contribution in [0.5, 0.6) is 0 Å². The number of nitrogens with zero attached hydrogens (tertiary/aromatic N) is 2. The van der Waals surface area contributed by atoms with Gasteiger partial charge in [0.25, 0.3) is 0 Å². The normalized spacial score (nSPS) is 16.1. The molecule has 11 heteroatoms. The van der Waals surface area contributed by atoms with Gasteiger partial charge in [-0.15, -0.1) is 11.8 Å². The van der Waals surface area contributed by atoms with Gasteiger partial charge in [-0.25, -0.2) is 0 Å². The van der Waals surface area contributed by atoms with Gasteiger partial charge in [0.1, 0.15) is 12.8 Å². The number of thioether (sulfide) groups is 1. The first kappa shape index (κ1) is 21.1. The first-order valence-electron chi connectivity index (χ1n) is 6.99. The van der Waals surface area contributed by atoms with Crippen LogP contribution in [-0.4, -0.2) is 54.6 Å². The van der Waals surface area contributed by atoms with E-state index in [1.165, 1.54) is 0 Å². The average molecular weight is 352 g/mol. The summed E-state index contributed by atoms with van der Waals surface area (Å²) in [5.41, 5.74) is 0.